The second-order valence-corrected chi connectivity index (χ2v) is 10.5. The number of aromatic nitrogens is 2. The lowest BCUT2D eigenvalue weighted by Gasteiger charge is -2.33. The van der Waals surface area contributed by atoms with Crippen LogP contribution in [-0.4, -0.2) is 36.4 Å². The number of carbonyl (C=O) groups excluding carboxylic acids is 1. The predicted octanol–water partition coefficient (Wildman–Crippen LogP) is 3.96. The Kier molecular flexibility index (Phi) is 6.07. The summed E-state index contributed by atoms with van der Waals surface area (Å²) in [6, 6.07) is 17.1. The minimum Gasteiger partial charge on any atom is -0.351 e. The molecule has 1 aliphatic rings. The molecule has 4 rings (SSSR count). The quantitative estimate of drug-likeness (QED) is 0.568. The fourth-order valence-corrected chi connectivity index (χ4v) is 5.22. The molecule has 1 atom stereocenters. The summed E-state index contributed by atoms with van der Waals surface area (Å²) in [5, 5.41) is 2.80. The van der Waals surface area contributed by atoms with E-state index in [-0.39, 0.29) is 16.1 Å². The second-order valence-electron chi connectivity index (χ2n) is 8.89. The molecule has 0 saturated carbocycles. The minimum atomic E-state index is -4.20. The molecule has 1 fully saturated rings. The van der Waals surface area contributed by atoms with Crippen molar-refractivity contribution in [2.75, 3.05) is 16.8 Å². The van der Waals surface area contributed by atoms with E-state index in [1.807, 2.05) is 30.3 Å². The van der Waals surface area contributed by atoms with Gasteiger partial charge < -0.3 is 10.2 Å². The standard InChI is InChI=1S/C24H27N5O3S/c1-17-15-24(2,3)29(16-17)22-19(11-8-14-25-22)23(30)28-33(31,32)21-13-7-12-20(27-21)26-18-9-5-4-6-10-18/h4-14,17H,15-16H2,1-3H3,(H,26,27)(H,28,30). The SMILES string of the molecule is CC1CN(c2ncccc2C(=O)NS(=O)(=O)c2cccc(Nc3ccccc3)n2)C(C)(C)C1. The van der Waals surface area contributed by atoms with Gasteiger partial charge in [0, 0.05) is 24.0 Å². The molecule has 3 aromatic rings. The van der Waals surface area contributed by atoms with Gasteiger partial charge >= 0.3 is 0 Å². The average molecular weight is 466 g/mol. The van der Waals surface area contributed by atoms with Crippen molar-refractivity contribution in [3.8, 4) is 0 Å². The first-order chi connectivity index (χ1) is 15.7. The van der Waals surface area contributed by atoms with Crippen LogP contribution in [-0.2, 0) is 10.0 Å². The minimum absolute atomic E-state index is 0.194. The van der Waals surface area contributed by atoms with Crippen LogP contribution in [0.5, 0.6) is 0 Å². The van der Waals surface area contributed by atoms with Gasteiger partial charge in [-0.05, 0) is 62.6 Å². The fourth-order valence-electron chi connectivity index (χ4n) is 4.28. The van der Waals surface area contributed by atoms with Crippen molar-refractivity contribution < 1.29 is 13.2 Å². The number of nitrogens with one attached hydrogen (secondary N) is 2. The first kappa shape index (κ1) is 22.7. The number of hydrogen-bond acceptors (Lipinski definition) is 7. The van der Waals surface area contributed by atoms with E-state index in [1.165, 1.54) is 6.07 Å². The van der Waals surface area contributed by atoms with Crippen molar-refractivity contribution >= 4 is 33.3 Å². The smallest absolute Gasteiger partial charge is 0.281 e. The van der Waals surface area contributed by atoms with Crippen LogP contribution in [0.4, 0.5) is 17.3 Å². The van der Waals surface area contributed by atoms with Gasteiger partial charge in [0.1, 0.15) is 11.6 Å². The number of anilines is 3. The van der Waals surface area contributed by atoms with Crippen molar-refractivity contribution in [2.24, 2.45) is 5.92 Å². The van der Waals surface area contributed by atoms with Crippen LogP contribution >= 0.6 is 0 Å². The van der Waals surface area contributed by atoms with Crippen molar-refractivity contribution in [3.63, 3.8) is 0 Å². The van der Waals surface area contributed by atoms with Crippen LogP contribution in [0.1, 0.15) is 37.6 Å². The summed E-state index contributed by atoms with van der Waals surface area (Å²) in [5.74, 6) is 0.528. The zero-order chi connectivity index (χ0) is 23.6. The molecule has 0 aliphatic carbocycles. The fraction of sp³-hybridized carbons (Fsp3) is 0.292. The Labute approximate surface area is 194 Å². The molecule has 0 bridgehead atoms. The Hall–Kier alpha value is -3.46. The number of nitrogens with zero attached hydrogens (tertiary/aromatic N) is 3. The average Bonchev–Trinajstić information content (AvgIpc) is 3.06. The lowest BCUT2D eigenvalue weighted by atomic mass is 9.97. The summed E-state index contributed by atoms with van der Waals surface area (Å²) in [6.45, 7) is 7.08. The first-order valence-electron chi connectivity index (χ1n) is 10.7. The van der Waals surface area contributed by atoms with Crippen molar-refractivity contribution in [1.29, 1.82) is 0 Å². The highest BCUT2D eigenvalue weighted by Gasteiger charge is 2.39. The van der Waals surface area contributed by atoms with Crippen LogP contribution in [0, 0.1) is 5.92 Å². The van der Waals surface area contributed by atoms with Crippen LogP contribution in [0.3, 0.4) is 0 Å². The lowest BCUT2D eigenvalue weighted by Crippen LogP contribution is -2.41. The molecule has 0 radical (unpaired) electrons. The van der Waals surface area contributed by atoms with Crippen molar-refractivity contribution in [1.82, 2.24) is 14.7 Å². The maximum atomic E-state index is 13.1. The van der Waals surface area contributed by atoms with E-state index in [9.17, 15) is 13.2 Å². The van der Waals surface area contributed by atoms with Gasteiger partial charge in [-0.1, -0.05) is 31.2 Å². The molecule has 9 heteroatoms. The van der Waals surface area contributed by atoms with Crippen LogP contribution in [0.25, 0.3) is 0 Å². The van der Waals surface area contributed by atoms with E-state index in [1.54, 1.807) is 30.5 Å². The normalized spacial score (nSPS) is 17.5. The van der Waals surface area contributed by atoms with Gasteiger partial charge in [-0.2, -0.15) is 8.42 Å². The Balaban J connectivity index is 1.58. The highest BCUT2D eigenvalue weighted by molar-refractivity contribution is 7.90. The van der Waals surface area contributed by atoms with E-state index >= 15 is 0 Å². The topological polar surface area (TPSA) is 104 Å². The third-order valence-electron chi connectivity index (χ3n) is 5.63. The van der Waals surface area contributed by atoms with E-state index < -0.39 is 15.9 Å². The Morgan fingerprint density at radius 1 is 1.06 bits per heavy atom. The molecule has 1 amide bonds. The number of pyridine rings is 2. The van der Waals surface area contributed by atoms with Gasteiger partial charge in [0.15, 0.2) is 5.03 Å². The summed E-state index contributed by atoms with van der Waals surface area (Å²) in [6.07, 6.45) is 2.56. The summed E-state index contributed by atoms with van der Waals surface area (Å²) in [5.41, 5.74) is 0.786. The third kappa shape index (κ3) is 4.98. The van der Waals surface area contributed by atoms with Gasteiger partial charge in [-0.3, -0.25) is 4.79 Å². The van der Waals surface area contributed by atoms with E-state index in [2.05, 4.69) is 45.7 Å². The number of hydrogen-bond donors (Lipinski definition) is 2. The molecular weight excluding hydrogens is 438 g/mol. The maximum absolute atomic E-state index is 13.1. The maximum Gasteiger partial charge on any atom is 0.281 e. The Morgan fingerprint density at radius 3 is 2.52 bits per heavy atom. The first-order valence-corrected chi connectivity index (χ1v) is 12.2. The number of carbonyl (C=O) groups is 1. The number of amides is 1. The van der Waals surface area contributed by atoms with Crippen LogP contribution in [0.2, 0.25) is 0 Å². The lowest BCUT2D eigenvalue weighted by molar-refractivity contribution is 0.0981. The summed E-state index contributed by atoms with van der Waals surface area (Å²) in [4.78, 5) is 23.8. The molecule has 1 unspecified atom stereocenters. The predicted molar refractivity (Wildman–Crippen MR) is 128 cm³/mol. The Morgan fingerprint density at radius 2 is 1.82 bits per heavy atom. The van der Waals surface area contributed by atoms with Gasteiger partial charge in [-0.25, -0.2) is 14.7 Å². The molecule has 2 aromatic heterocycles. The monoisotopic (exact) mass is 465 g/mol. The summed E-state index contributed by atoms with van der Waals surface area (Å²) in [7, 11) is -4.20. The van der Waals surface area contributed by atoms with E-state index in [0.29, 0.717) is 17.6 Å². The molecule has 33 heavy (non-hydrogen) atoms. The number of para-hydroxylation sites is 1. The van der Waals surface area contributed by atoms with Crippen LogP contribution in [0.15, 0.2) is 71.9 Å². The van der Waals surface area contributed by atoms with Crippen molar-refractivity contribution in [2.45, 2.75) is 37.8 Å². The highest BCUT2D eigenvalue weighted by atomic mass is 32.2. The molecule has 8 nitrogen and oxygen atoms in total. The molecule has 3 heterocycles. The molecule has 1 saturated heterocycles. The molecular formula is C24H27N5O3S. The van der Waals surface area contributed by atoms with Crippen molar-refractivity contribution in [3.05, 3.63) is 72.4 Å². The largest absolute Gasteiger partial charge is 0.351 e. The zero-order valence-electron chi connectivity index (χ0n) is 18.8. The van der Waals surface area contributed by atoms with Gasteiger partial charge in [0.2, 0.25) is 0 Å². The van der Waals surface area contributed by atoms with Gasteiger partial charge in [-0.15, -0.1) is 0 Å². The zero-order valence-corrected chi connectivity index (χ0v) is 19.6. The van der Waals surface area contributed by atoms with Gasteiger partial charge in [0.25, 0.3) is 15.9 Å². The molecule has 0 spiro atoms. The van der Waals surface area contributed by atoms with Crippen LogP contribution < -0.4 is 14.9 Å². The van der Waals surface area contributed by atoms with E-state index in [4.69, 9.17) is 0 Å². The van der Waals surface area contributed by atoms with E-state index in [0.717, 1.165) is 18.7 Å². The summed E-state index contributed by atoms with van der Waals surface area (Å²) < 4.78 is 28.1. The van der Waals surface area contributed by atoms with Gasteiger partial charge in [0.05, 0.1) is 5.56 Å². The molecule has 1 aliphatic heterocycles. The number of benzene rings is 1. The summed E-state index contributed by atoms with van der Waals surface area (Å²) >= 11 is 0. The molecule has 2 N–H and O–H groups in total. The molecule has 1 aromatic carbocycles. The highest BCUT2D eigenvalue weighted by Crippen LogP contribution is 2.37. The second kappa shape index (κ2) is 8.82. The number of sulfonamides is 1. The Bertz CT molecular complexity index is 1260. The molecule has 172 valence electrons. The number of rotatable bonds is 6. The third-order valence-corrected chi connectivity index (χ3v) is 6.86.